The number of hydrogen-bond donors (Lipinski definition) is 1. The lowest BCUT2D eigenvalue weighted by atomic mass is 9.87. The van der Waals surface area contributed by atoms with Crippen LogP contribution in [0.3, 0.4) is 0 Å². The van der Waals surface area contributed by atoms with Crippen molar-refractivity contribution in [1.82, 2.24) is 4.31 Å². The van der Waals surface area contributed by atoms with Crippen molar-refractivity contribution in [2.24, 2.45) is 5.73 Å². The van der Waals surface area contributed by atoms with E-state index in [4.69, 9.17) is 5.73 Å². The fourth-order valence-corrected chi connectivity index (χ4v) is 3.50. The van der Waals surface area contributed by atoms with Crippen molar-refractivity contribution >= 4 is 10.0 Å². The maximum absolute atomic E-state index is 12.2. The van der Waals surface area contributed by atoms with E-state index in [1.165, 1.54) is 4.31 Å². The molecule has 1 fully saturated rings. The molecular weight excluding hydrogens is 248 g/mol. The molecule has 0 unspecified atom stereocenters. The molecule has 100 valence electrons. The Labute approximate surface area is 109 Å². The van der Waals surface area contributed by atoms with Crippen molar-refractivity contribution in [3.8, 4) is 0 Å². The first-order valence-corrected chi connectivity index (χ1v) is 7.51. The highest BCUT2D eigenvalue weighted by atomic mass is 32.2. The number of benzene rings is 1. The van der Waals surface area contributed by atoms with E-state index < -0.39 is 10.0 Å². The van der Waals surface area contributed by atoms with Crippen LogP contribution in [0.1, 0.15) is 26.3 Å². The first-order valence-electron chi connectivity index (χ1n) is 6.07. The van der Waals surface area contributed by atoms with Crippen molar-refractivity contribution in [1.29, 1.82) is 0 Å². The lowest BCUT2D eigenvalue weighted by Crippen LogP contribution is -2.57. The fraction of sp³-hybridized carbons (Fsp3) is 0.538. The smallest absolute Gasteiger partial charge is 0.243 e. The van der Waals surface area contributed by atoms with Crippen LogP contribution >= 0.6 is 0 Å². The minimum absolute atomic E-state index is 0.0198. The summed E-state index contributed by atoms with van der Waals surface area (Å²) in [6.45, 7) is 7.15. The van der Waals surface area contributed by atoms with Gasteiger partial charge in [0.15, 0.2) is 0 Å². The maximum atomic E-state index is 12.2. The van der Waals surface area contributed by atoms with Gasteiger partial charge in [-0.05, 0) is 23.1 Å². The van der Waals surface area contributed by atoms with E-state index in [1.807, 2.05) is 12.1 Å². The summed E-state index contributed by atoms with van der Waals surface area (Å²) < 4.78 is 25.8. The van der Waals surface area contributed by atoms with Crippen LogP contribution in [0.15, 0.2) is 29.2 Å². The SMILES string of the molecule is CC(C)(C)c1ccc(S(=O)(=O)N2CC(N)C2)cc1. The predicted octanol–water partition coefficient (Wildman–Crippen LogP) is 1.32. The summed E-state index contributed by atoms with van der Waals surface area (Å²) in [5.74, 6) is 0. The van der Waals surface area contributed by atoms with E-state index in [2.05, 4.69) is 20.8 Å². The largest absolute Gasteiger partial charge is 0.325 e. The van der Waals surface area contributed by atoms with Gasteiger partial charge in [0, 0.05) is 19.1 Å². The van der Waals surface area contributed by atoms with Crippen LogP contribution in [0.5, 0.6) is 0 Å². The van der Waals surface area contributed by atoms with Gasteiger partial charge in [0.1, 0.15) is 0 Å². The second kappa shape index (κ2) is 4.33. The molecule has 1 heterocycles. The predicted molar refractivity (Wildman–Crippen MR) is 71.9 cm³/mol. The fourth-order valence-electron chi connectivity index (χ4n) is 1.94. The molecule has 0 spiro atoms. The number of hydrogen-bond acceptors (Lipinski definition) is 3. The van der Waals surface area contributed by atoms with Gasteiger partial charge >= 0.3 is 0 Å². The summed E-state index contributed by atoms with van der Waals surface area (Å²) in [6, 6.07) is 7.10. The second-order valence-corrected chi connectivity index (χ2v) is 7.79. The summed E-state index contributed by atoms with van der Waals surface area (Å²) in [4.78, 5) is 0.349. The van der Waals surface area contributed by atoms with Gasteiger partial charge in [-0.15, -0.1) is 0 Å². The van der Waals surface area contributed by atoms with E-state index in [9.17, 15) is 8.42 Å². The molecule has 0 aliphatic carbocycles. The minimum atomic E-state index is -3.34. The van der Waals surface area contributed by atoms with Crippen molar-refractivity contribution < 1.29 is 8.42 Å². The second-order valence-electron chi connectivity index (χ2n) is 5.86. The molecule has 1 saturated heterocycles. The van der Waals surface area contributed by atoms with E-state index in [1.54, 1.807) is 12.1 Å². The molecule has 1 aromatic carbocycles. The van der Waals surface area contributed by atoms with Crippen LogP contribution < -0.4 is 5.73 Å². The topological polar surface area (TPSA) is 63.4 Å². The van der Waals surface area contributed by atoms with Gasteiger partial charge in [0.05, 0.1) is 4.90 Å². The van der Waals surface area contributed by atoms with Crippen LogP contribution in [0.2, 0.25) is 0 Å². The lowest BCUT2D eigenvalue weighted by Gasteiger charge is -2.35. The standard InChI is InChI=1S/C13H20N2O2S/c1-13(2,3)10-4-6-12(7-5-10)18(16,17)15-8-11(14)9-15/h4-7,11H,8-9,14H2,1-3H3. The van der Waals surface area contributed by atoms with Gasteiger partial charge in [-0.1, -0.05) is 32.9 Å². The molecule has 1 aromatic rings. The van der Waals surface area contributed by atoms with Crippen LogP contribution in [0.4, 0.5) is 0 Å². The quantitative estimate of drug-likeness (QED) is 0.879. The zero-order valence-electron chi connectivity index (χ0n) is 11.1. The van der Waals surface area contributed by atoms with E-state index in [-0.39, 0.29) is 11.5 Å². The molecule has 2 rings (SSSR count). The van der Waals surface area contributed by atoms with Gasteiger partial charge in [0.2, 0.25) is 10.0 Å². The lowest BCUT2D eigenvalue weighted by molar-refractivity contribution is 0.265. The van der Waals surface area contributed by atoms with Crippen LogP contribution in [0.25, 0.3) is 0 Å². The van der Waals surface area contributed by atoms with Crippen LogP contribution in [0, 0.1) is 0 Å². The Kier molecular flexibility index (Phi) is 3.25. The van der Waals surface area contributed by atoms with Gasteiger partial charge in [0.25, 0.3) is 0 Å². The molecule has 1 aliphatic heterocycles. The molecule has 0 bridgehead atoms. The Morgan fingerprint density at radius 1 is 1.17 bits per heavy atom. The van der Waals surface area contributed by atoms with Crippen LogP contribution in [-0.4, -0.2) is 31.9 Å². The van der Waals surface area contributed by atoms with Gasteiger partial charge in [-0.3, -0.25) is 0 Å². The highest BCUT2D eigenvalue weighted by molar-refractivity contribution is 7.89. The highest BCUT2D eigenvalue weighted by Crippen LogP contribution is 2.25. The molecule has 2 N–H and O–H groups in total. The number of rotatable bonds is 2. The number of nitrogens with two attached hydrogens (primary N) is 1. The summed E-state index contributed by atoms with van der Waals surface area (Å²) in [7, 11) is -3.34. The van der Waals surface area contributed by atoms with Crippen molar-refractivity contribution in [3.05, 3.63) is 29.8 Å². The molecule has 0 atom stereocenters. The Hall–Kier alpha value is -0.910. The molecule has 1 aliphatic rings. The molecule has 0 amide bonds. The zero-order valence-corrected chi connectivity index (χ0v) is 11.9. The molecule has 0 radical (unpaired) electrons. The Morgan fingerprint density at radius 2 is 1.67 bits per heavy atom. The third-order valence-electron chi connectivity index (χ3n) is 3.23. The molecular formula is C13H20N2O2S. The van der Waals surface area contributed by atoms with E-state index >= 15 is 0 Å². The van der Waals surface area contributed by atoms with Gasteiger partial charge < -0.3 is 5.73 Å². The van der Waals surface area contributed by atoms with Gasteiger partial charge in [-0.25, -0.2) is 8.42 Å². The monoisotopic (exact) mass is 268 g/mol. The number of nitrogens with zero attached hydrogens (tertiary/aromatic N) is 1. The summed E-state index contributed by atoms with van der Waals surface area (Å²) in [5.41, 5.74) is 6.77. The highest BCUT2D eigenvalue weighted by Gasteiger charge is 2.34. The molecule has 4 nitrogen and oxygen atoms in total. The Bertz CT molecular complexity index is 523. The first kappa shape index (κ1) is 13.5. The Balaban J connectivity index is 2.25. The van der Waals surface area contributed by atoms with Crippen molar-refractivity contribution in [2.75, 3.05) is 13.1 Å². The average molecular weight is 268 g/mol. The molecule has 18 heavy (non-hydrogen) atoms. The minimum Gasteiger partial charge on any atom is -0.325 e. The molecule has 5 heteroatoms. The maximum Gasteiger partial charge on any atom is 0.243 e. The van der Waals surface area contributed by atoms with Crippen LogP contribution in [-0.2, 0) is 15.4 Å². The third kappa shape index (κ3) is 2.43. The Morgan fingerprint density at radius 3 is 2.06 bits per heavy atom. The molecule has 0 saturated carbocycles. The van der Waals surface area contributed by atoms with Gasteiger partial charge in [-0.2, -0.15) is 4.31 Å². The first-order chi connectivity index (χ1) is 8.21. The summed E-state index contributed by atoms with van der Waals surface area (Å²) in [6.07, 6.45) is 0. The summed E-state index contributed by atoms with van der Waals surface area (Å²) >= 11 is 0. The molecule has 0 aromatic heterocycles. The van der Waals surface area contributed by atoms with Crippen molar-refractivity contribution in [2.45, 2.75) is 37.1 Å². The summed E-state index contributed by atoms with van der Waals surface area (Å²) in [5, 5.41) is 0. The van der Waals surface area contributed by atoms with E-state index in [0.29, 0.717) is 18.0 Å². The number of sulfonamides is 1. The van der Waals surface area contributed by atoms with E-state index in [0.717, 1.165) is 5.56 Å². The normalized spacial score (nSPS) is 18.7. The third-order valence-corrected chi connectivity index (χ3v) is 5.08. The zero-order chi connectivity index (χ0) is 13.6. The average Bonchev–Trinajstić information content (AvgIpc) is 2.24. The van der Waals surface area contributed by atoms with Crippen molar-refractivity contribution in [3.63, 3.8) is 0 Å².